The molecule has 0 radical (unpaired) electrons. The minimum absolute atomic E-state index is 0.135. The highest BCUT2D eigenvalue weighted by Crippen LogP contribution is 2.29. The first-order valence-corrected chi connectivity index (χ1v) is 13.7. The van der Waals surface area contributed by atoms with Gasteiger partial charge in [-0.2, -0.15) is 0 Å². The summed E-state index contributed by atoms with van der Waals surface area (Å²) in [4.78, 5) is 52.4. The summed E-state index contributed by atoms with van der Waals surface area (Å²) in [6.45, 7) is 3.98. The fraction of sp³-hybridized carbons (Fsp3) is 0.484. The summed E-state index contributed by atoms with van der Waals surface area (Å²) in [5, 5.41) is 5.54. The van der Waals surface area contributed by atoms with E-state index in [1.165, 1.54) is 7.11 Å². The van der Waals surface area contributed by atoms with Gasteiger partial charge in [-0.25, -0.2) is 0 Å². The fourth-order valence-electron chi connectivity index (χ4n) is 4.36. The lowest BCUT2D eigenvalue weighted by molar-refractivity contribution is -0.135. The maximum absolute atomic E-state index is 13.7. The van der Waals surface area contributed by atoms with Crippen molar-refractivity contribution in [2.45, 2.75) is 50.8 Å². The SMILES string of the molecule is COCCOCC(=O)NC(C)C(=O)CC(Cc1ccc(OC)cc1)C(=O)NC(Cc1ccccc1)C(=O)C1(C)CO1. The fourth-order valence-corrected chi connectivity index (χ4v) is 4.36. The highest BCUT2D eigenvalue weighted by molar-refractivity contribution is 5.98. The van der Waals surface area contributed by atoms with Crippen molar-refractivity contribution in [2.24, 2.45) is 5.92 Å². The Bertz CT molecular complexity index is 1160. The maximum atomic E-state index is 13.7. The van der Waals surface area contributed by atoms with Gasteiger partial charge in [-0.1, -0.05) is 42.5 Å². The number of carbonyl (C=O) groups excluding carboxylic acids is 4. The topological polar surface area (TPSA) is 133 Å². The van der Waals surface area contributed by atoms with Crippen LogP contribution in [0.2, 0.25) is 0 Å². The van der Waals surface area contributed by atoms with Crippen LogP contribution in [-0.2, 0) is 46.2 Å². The van der Waals surface area contributed by atoms with Gasteiger partial charge in [0, 0.05) is 19.4 Å². The number of epoxide rings is 1. The van der Waals surface area contributed by atoms with Crippen LogP contribution in [0.25, 0.3) is 0 Å². The smallest absolute Gasteiger partial charge is 0.246 e. The molecule has 10 nitrogen and oxygen atoms in total. The highest BCUT2D eigenvalue weighted by Gasteiger charge is 2.50. The van der Waals surface area contributed by atoms with Crippen molar-refractivity contribution in [3.63, 3.8) is 0 Å². The Morgan fingerprint density at radius 2 is 1.59 bits per heavy atom. The summed E-state index contributed by atoms with van der Waals surface area (Å²) in [5.74, 6) is -1.50. The Labute approximate surface area is 241 Å². The van der Waals surface area contributed by atoms with Crippen LogP contribution in [0.3, 0.4) is 0 Å². The van der Waals surface area contributed by atoms with Crippen LogP contribution in [0.4, 0.5) is 0 Å². The second kappa shape index (κ2) is 15.4. The van der Waals surface area contributed by atoms with Gasteiger partial charge in [0.25, 0.3) is 0 Å². The molecule has 0 bridgehead atoms. The molecule has 1 aliphatic rings. The van der Waals surface area contributed by atoms with Gasteiger partial charge < -0.3 is 29.6 Å². The normalized spacial score (nSPS) is 18.0. The van der Waals surface area contributed by atoms with Gasteiger partial charge in [-0.3, -0.25) is 19.2 Å². The molecule has 2 amide bonds. The van der Waals surface area contributed by atoms with Crippen LogP contribution in [-0.4, -0.2) is 81.7 Å². The Morgan fingerprint density at radius 3 is 2.20 bits per heavy atom. The number of Topliss-reactive ketones (excluding diaryl/α,β-unsaturated/α-hetero) is 2. The summed E-state index contributed by atoms with van der Waals surface area (Å²) >= 11 is 0. The number of carbonyl (C=O) groups is 4. The lowest BCUT2D eigenvalue weighted by Crippen LogP contribution is -2.50. The second-order valence-corrected chi connectivity index (χ2v) is 10.4. The standard InChI is InChI=1S/C31H40N2O8/c1-21(32-28(35)19-40-15-14-38-3)27(34)18-24(16-23-10-12-25(39-4)13-11-23)30(37)33-26(29(36)31(2)20-41-31)17-22-8-6-5-7-9-22/h5-13,21,24,26H,14-20H2,1-4H3,(H,32,35)(H,33,37). The minimum Gasteiger partial charge on any atom is -0.497 e. The number of hydrogen-bond donors (Lipinski definition) is 2. The first-order valence-electron chi connectivity index (χ1n) is 13.7. The van der Waals surface area contributed by atoms with Crippen molar-refractivity contribution in [1.82, 2.24) is 10.6 Å². The number of methoxy groups -OCH3 is 2. The molecule has 4 atom stereocenters. The van der Waals surface area contributed by atoms with E-state index in [4.69, 9.17) is 18.9 Å². The molecule has 1 heterocycles. The Balaban J connectivity index is 1.73. The van der Waals surface area contributed by atoms with Gasteiger partial charge >= 0.3 is 0 Å². The summed E-state index contributed by atoms with van der Waals surface area (Å²) in [6.07, 6.45) is 0.412. The number of amides is 2. The van der Waals surface area contributed by atoms with E-state index in [-0.39, 0.29) is 37.6 Å². The molecule has 2 aromatic rings. The van der Waals surface area contributed by atoms with Crippen molar-refractivity contribution in [2.75, 3.05) is 40.6 Å². The van der Waals surface area contributed by atoms with Crippen LogP contribution < -0.4 is 15.4 Å². The summed E-state index contributed by atoms with van der Waals surface area (Å²) in [5.41, 5.74) is 0.783. The lowest BCUT2D eigenvalue weighted by atomic mass is 9.89. The molecule has 1 saturated heterocycles. The molecular weight excluding hydrogens is 528 g/mol. The first-order chi connectivity index (χ1) is 19.6. The molecule has 1 fully saturated rings. The molecule has 10 heteroatoms. The molecule has 0 saturated carbocycles. The van der Waals surface area contributed by atoms with Crippen LogP contribution in [0.1, 0.15) is 31.4 Å². The molecule has 41 heavy (non-hydrogen) atoms. The average Bonchev–Trinajstić information content (AvgIpc) is 3.73. The predicted molar refractivity (Wildman–Crippen MR) is 152 cm³/mol. The number of rotatable bonds is 18. The van der Waals surface area contributed by atoms with E-state index in [0.29, 0.717) is 25.4 Å². The number of nitrogens with one attached hydrogen (secondary N) is 2. The van der Waals surface area contributed by atoms with Crippen LogP contribution in [0, 0.1) is 5.92 Å². The minimum atomic E-state index is -0.932. The van der Waals surface area contributed by atoms with Gasteiger partial charge in [-0.05, 0) is 49.9 Å². The molecule has 0 spiro atoms. The summed E-state index contributed by atoms with van der Waals surface area (Å²) in [6, 6.07) is 15.0. The molecule has 4 unspecified atom stereocenters. The van der Waals surface area contributed by atoms with E-state index >= 15 is 0 Å². The van der Waals surface area contributed by atoms with E-state index in [1.54, 1.807) is 33.1 Å². The zero-order chi connectivity index (χ0) is 29.8. The monoisotopic (exact) mass is 568 g/mol. The van der Waals surface area contributed by atoms with Crippen molar-refractivity contribution < 1.29 is 38.1 Å². The van der Waals surface area contributed by atoms with Crippen LogP contribution in [0.5, 0.6) is 5.75 Å². The third-order valence-corrected chi connectivity index (χ3v) is 7.00. The third-order valence-electron chi connectivity index (χ3n) is 7.00. The van der Waals surface area contributed by atoms with E-state index in [0.717, 1.165) is 11.1 Å². The number of benzene rings is 2. The number of ether oxygens (including phenoxy) is 4. The van der Waals surface area contributed by atoms with E-state index in [2.05, 4.69) is 10.6 Å². The maximum Gasteiger partial charge on any atom is 0.246 e. The average molecular weight is 569 g/mol. The molecule has 0 aromatic heterocycles. The third kappa shape index (κ3) is 10.1. The Hall–Kier alpha value is -3.60. The zero-order valence-corrected chi connectivity index (χ0v) is 24.1. The molecule has 0 aliphatic carbocycles. The van der Waals surface area contributed by atoms with Crippen LogP contribution in [0.15, 0.2) is 54.6 Å². The molecule has 1 aliphatic heterocycles. The molecule has 2 aromatic carbocycles. The quantitative estimate of drug-likeness (QED) is 0.206. The van der Waals surface area contributed by atoms with Gasteiger partial charge in [0.05, 0.1) is 39.0 Å². The Morgan fingerprint density at radius 1 is 0.927 bits per heavy atom. The Kier molecular flexibility index (Phi) is 12.0. The van der Waals surface area contributed by atoms with E-state index in [9.17, 15) is 19.2 Å². The van der Waals surface area contributed by atoms with Crippen molar-refractivity contribution >= 4 is 23.4 Å². The van der Waals surface area contributed by atoms with Crippen LogP contribution >= 0.6 is 0 Å². The second-order valence-electron chi connectivity index (χ2n) is 10.4. The van der Waals surface area contributed by atoms with Gasteiger partial charge in [-0.15, -0.1) is 0 Å². The highest BCUT2D eigenvalue weighted by atomic mass is 16.6. The predicted octanol–water partition coefficient (Wildman–Crippen LogP) is 2.07. The van der Waals surface area contributed by atoms with Gasteiger partial charge in [0.15, 0.2) is 11.6 Å². The van der Waals surface area contributed by atoms with Gasteiger partial charge in [0.1, 0.15) is 18.0 Å². The number of ketones is 2. The van der Waals surface area contributed by atoms with E-state index in [1.807, 2.05) is 42.5 Å². The summed E-state index contributed by atoms with van der Waals surface area (Å²) in [7, 11) is 3.10. The largest absolute Gasteiger partial charge is 0.497 e. The van der Waals surface area contributed by atoms with Gasteiger partial charge in [0.2, 0.25) is 11.8 Å². The lowest BCUT2D eigenvalue weighted by Gasteiger charge is -2.24. The molecule has 2 N–H and O–H groups in total. The van der Waals surface area contributed by atoms with Crippen molar-refractivity contribution in [1.29, 1.82) is 0 Å². The summed E-state index contributed by atoms with van der Waals surface area (Å²) < 4.78 is 20.7. The first kappa shape index (κ1) is 31.9. The number of hydrogen-bond acceptors (Lipinski definition) is 8. The van der Waals surface area contributed by atoms with Crippen molar-refractivity contribution in [3.8, 4) is 5.75 Å². The zero-order valence-electron chi connectivity index (χ0n) is 24.1. The van der Waals surface area contributed by atoms with Crippen molar-refractivity contribution in [3.05, 3.63) is 65.7 Å². The molecular formula is C31H40N2O8. The molecule has 3 rings (SSSR count). The molecule has 222 valence electrons. The van der Waals surface area contributed by atoms with E-state index < -0.39 is 35.4 Å².